The number of nitro benzene ring substituents is 1. The Labute approximate surface area is 108 Å². The summed E-state index contributed by atoms with van der Waals surface area (Å²) in [5.41, 5.74) is 1.92. The van der Waals surface area contributed by atoms with Gasteiger partial charge in [0, 0.05) is 10.0 Å². The van der Waals surface area contributed by atoms with Crippen LogP contribution in [0.5, 0.6) is 0 Å². The van der Waals surface area contributed by atoms with Crippen LogP contribution in [0, 0.1) is 17.0 Å². The number of halogens is 1. The van der Waals surface area contributed by atoms with Gasteiger partial charge in [0.25, 0.3) is 5.69 Å². The molecular formula is C13H12BrNO2. The van der Waals surface area contributed by atoms with Gasteiger partial charge in [0.1, 0.15) is 0 Å². The number of allylic oxidation sites excluding steroid dienone is 4. The summed E-state index contributed by atoms with van der Waals surface area (Å²) in [5, 5.41) is 11.1. The zero-order valence-corrected chi connectivity index (χ0v) is 11.0. The number of nitrogens with zero attached hydrogens (tertiary/aromatic N) is 1. The zero-order valence-electron chi connectivity index (χ0n) is 9.44. The molecule has 1 rings (SSSR count). The molecule has 0 aliphatic carbocycles. The van der Waals surface area contributed by atoms with Gasteiger partial charge < -0.3 is 0 Å². The Morgan fingerprint density at radius 1 is 1.47 bits per heavy atom. The summed E-state index contributed by atoms with van der Waals surface area (Å²) in [6, 6.07) is 3.43. The van der Waals surface area contributed by atoms with E-state index in [0.29, 0.717) is 16.7 Å². The quantitative estimate of drug-likeness (QED) is 0.468. The zero-order chi connectivity index (χ0) is 13.0. The van der Waals surface area contributed by atoms with Crippen LogP contribution in [0.25, 0.3) is 5.57 Å². The predicted octanol–water partition coefficient (Wildman–Crippen LogP) is 4.42. The van der Waals surface area contributed by atoms with E-state index in [1.165, 1.54) is 0 Å². The lowest BCUT2D eigenvalue weighted by molar-refractivity contribution is -0.385. The number of nitro groups is 1. The van der Waals surface area contributed by atoms with E-state index in [-0.39, 0.29) is 10.6 Å². The molecule has 0 heterocycles. The third-order valence-electron chi connectivity index (χ3n) is 2.28. The monoisotopic (exact) mass is 293 g/mol. The van der Waals surface area contributed by atoms with Gasteiger partial charge in [-0.3, -0.25) is 10.1 Å². The van der Waals surface area contributed by atoms with Crippen molar-refractivity contribution in [3.63, 3.8) is 0 Å². The van der Waals surface area contributed by atoms with Crippen molar-refractivity contribution in [2.45, 2.75) is 6.92 Å². The minimum absolute atomic E-state index is 0.0983. The normalized spacial score (nSPS) is 11.1. The lowest BCUT2D eigenvalue weighted by atomic mass is 10.0. The Kier molecular flexibility index (Phi) is 4.40. The average Bonchev–Trinajstić information content (AvgIpc) is 2.23. The Morgan fingerprint density at radius 3 is 2.59 bits per heavy atom. The Morgan fingerprint density at radius 2 is 2.12 bits per heavy atom. The number of rotatable bonds is 4. The molecule has 0 amide bonds. The molecule has 4 heteroatoms. The molecule has 1 aromatic rings. The van der Waals surface area contributed by atoms with Gasteiger partial charge in [-0.05, 0) is 24.6 Å². The third-order valence-corrected chi connectivity index (χ3v) is 2.73. The highest BCUT2D eigenvalue weighted by molar-refractivity contribution is 9.10. The second kappa shape index (κ2) is 5.59. The van der Waals surface area contributed by atoms with Crippen LogP contribution < -0.4 is 0 Å². The van der Waals surface area contributed by atoms with E-state index in [2.05, 4.69) is 29.1 Å². The molecule has 0 atom stereocenters. The van der Waals surface area contributed by atoms with Crippen molar-refractivity contribution in [3.05, 3.63) is 69.2 Å². The van der Waals surface area contributed by atoms with Crippen LogP contribution in [-0.4, -0.2) is 4.92 Å². The molecule has 88 valence electrons. The molecule has 0 fully saturated rings. The summed E-state index contributed by atoms with van der Waals surface area (Å²) in [6.45, 7) is 8.96. The first-order chi connectivity index (χ1) is 8.01. The van der Waals surface area contributed by atoms with Gasteiger partial charge in [0.2, 0.25) is 0 Å². The van der Waals surface area contributed by atoms with Gasteiger partial charge in [0.05, 0.1) is 10.5 Å². The van der Waals surface area contributed by atoms with E-state index in [4.69, 9.17) is 0 Å². The van der Waals surface area contributed by atoms with Crippen LogP contribution in [0.4, 0.5) is 5.69 Å². The summed E-state index contributed by atoms with van der Waals surface area (Å²) in [5.74, 6) is 0. The number of hydrogen-bond acceptors (Lipinski definition) is 2. The lowest BCUT2D eigenvalue weighted by Crippen LogP contribution is -1.97. The van der Waals surface area contributed by atoms with E-state index in [1.54, 1.807) is 37.3 Å². The highest BCUT2D eigenvalue weighted by atomic mass is 79.9. The first-order valence-corrected chi connectivity index (χ1v) is 5.70. The molecule has 0 radical (unpaired) electrons. The summed E-state index contributed by atoms with van der Waals surface area (Å²) in [6.07, 6.45) is 4.86. The molecule has 0 aliphatic heterocycles. The second-order valence-corrected chi connectivity index (χ2v) is 4.35. The van der Waals surface area contributed by atoms with Crippen molar-refractivity contribution >= 4 is 27.2 Å². The molecule has 0 N–H and O–H groups in total. The maximum atomic E-state index is 11.1. The van der Waals surface area contributed by atoms with Crippen LogP contribution in [0.15, 0.2) is 48.0 Å². The van der Waals surface area contributed by atoms with Crippen molar-refractivity contribution in [1.82, 2.24) is 0 Å². The third kappa shape index (κ3) is 2.91. The van der Waals surface area contributed by atoms with Gasteiger partial charge in [-0.25, -0.2) is 0 Å². The van der Waals surface area contributed by atoms with Gasteiger partial charge in [-0.1, -0.05) is 47.3 Å². The maximum Gasteiger partial charge on any atom is 0.280 e. The van der Waals surface area contributed by atoms with Crippen LogP contribution >= 0.6 is 15.9 Å². The van der Waals surface area contributed by atoms with Crippen molar-refractivity contribution in [2.75, 3.05) is 0 Å². The van der Waals surface area contributed by atoms with E-state index in [0.717, 1.165) is 4.47 Å². The van der Waals surface area contributed by atoms with E-state index >= 15 is 0 Å². The molecule has 0 bridgehead atoms. The van der Waals surface area contributed by atoms with Crippen molar-refractivity contribution in [2.24, 2.45) is 0 Å². The number of benzene rings is 1. The van der Waals surface area contributed by atoms with Crippen LogP contribution in [0.1, 0.15) is 11.1 Å². The van der Waals surface area contributed by atoms with E-state index in [1.807, 2.05) is 0 Å². The lowest BCUT2D eigenvalue weighted by Gasteiger charge is -2.07. The topological polar surface area (TPSA) is 43.1 Å². The largest absolute Gasteiger partial charge is 0.280 e. The summed E-state index contributed by atoms with van der Waals surface area (Å²) in [7, 11) is 0. The van der Waals surface area contributed by atoms with E-state index < -0.39 is 0 Å². The predicted molar refractivity (Wildman–Crippen MR) is 73.9 cm³/mol. The van der Waals surface area contributed by atoms with Crippen molar-refractivity contribution in [3.8, 4) is 0 Å². The number of aryl methyl sites for hydroxylation is 1. The van der Waals surface area contributed by atoms with Gasteiger partial charge in [-0.15, -0.1) is 0 Å². The highest BCUT2D eigenvalue weighted by Crippen LogP contribution is 2.33. The molecule has 0 aliphatic rings. The molecule has 0 unspecified atom stereocenters. The molecule has 0 saturated carbocycles. The smallest absolute Gasteiger partial charge is 0.258 e. The molecule has 0 spiro atoms. The van der Waals surface area contributed by atoms with Crippen LogP contribution in [0.3, 0.4) is 0 Å². The van der Waals surface area contributed by atoms with Gasteiger partial charge in [0.15, 0.2) is 0 Å². The van der Waals surface area contributed by atoms with Crippen LogP contribution in [0.2, 0.25) is 0 Å². The molecule has 17 heavy (non-hydrogen) atoms. The van der Waals surface area contributed by atoms with Crippen molar-refractivity contribution < 1.29 is 4.92 Å². The molecular weight excluding hydrogens is 282 g/mol. The fourth-order valence-corrected chi connectivity index (χ4v) is 2.16. The van der Waals surface area contributed by atoms with E-state index in [9.17, 15) is 10.1 Å². The number of hydrogen-bond donors (Lipinski definition) is 0. The van der Waals surface area contributed by atoms with Crippen LogP contribution in [-0.2, 0) is 0 Å². The fraction of sp³-hybridized carbons (Fsp3) is 0.0769. The summed E-state index contributed by atoms with van der Waals surface area (Å²) < 4.78 is 0.799. The van der Waals surface area contributed by atoms with Gasteiger partial charge in [-0.2, -0.15) is 0 Å². The van der Waals surface area contributed by atoms with Crippen molar-refractivity contribution in [1.29, 1.82) is 0 Å². The standard InChI is InChI=1S/C13H12BrNO2/c1-4-6-10(5-2)12-8-11(14)7-9(3)13(12)15(16)17/h4-8H,1-2H2,3H3/b10-6+. The molecule has 1 aromatic carbocycles. The van der Waals surface area contributed by atoms with Gasteiger partial charge >= 0.3 is 0 Å². The maximum absolute atomic E-state index is 11.1. The molecule has 3 nitrogen and oxygen atoms in total. The second-order valence-electron chi connectivity index (χ2n) is 3.44. The first-order valence-electron chi connectivity index (χ1n) is 4.91. The minimum Gasteiger partial charge on any atom is -0.258 e. The molecule has 0 saturated heterocycles. The average molecular weight is 294 g/mol. The Bertz CT molecular complexity index is 518. The molecule has 0 aromatic heterocycles. The summed E-state index contributed by atoms with van der Waals surface area (Å²) in [4.78, 5) is 10.7. The first kappa shape index (κ1) is 13.4. The Hall–Kier alpha value is -1.68. The highest BCUT2D eigenvalue weighted by Gasteiger charge is 2.19. The minimum atomic E-state index is -0.377. The fourth-order valence-electron chi connectivity index (χ4n) is 1.59. The summed E-state index contributed by atoms with van der Waals surface area (Å²) >= 11 is 3.33. The SMILES string of the molecule is C=C/C=C(\C=C)c1cc(Br)cc(C)c1[N+](=O)[O-]. The Balaban J connectivity index is 3.60.